The summed E-state index contributed by atoms with van der Waals surface area (Å²) < 4.78 is 0. The minimum Gasteiger partial charge on any atom is -0.370 e. The Morgan fingerprint density at radius 2 is 1.92 bits per heavy atom. The Labute approximate surface area is 77.5 Å². The molecule has 2 nitrogen and oxygen atoms in total. The van der Waals surface area contributed by atoms with Crippen molar-refractivity contribution in [1.29, 1.82) is 0 Å². The number of hydrogen-bond acceptors (Lipinski definition) is 1. The van der Waals surface area contributed by atoms with Crippen molar-refractivity contribution >= 4 is 15.1 Å². The number of primary amides is 1. The van der Waals surface area contributed by atoms with Crippen molar-refractivity contribution in [1.82, 2.24) is 0 Å². The highest BCUT2D eigenvalue weighted by atomic mass is 31.0. The van der Waals surface area contributed by atoms with Crippen molar-refractivity contribution in [3.8, 4) is 0 Å². The summed E-state index contributed by atoms with van der Waals surface area (Å²) in [6, 6.07) is 0. The molecular weight excluding hydrogens is 169 g/mol. The van der Waals surface area contributed by atoms with Crippen LogP contribution >= 0.6 is 9.24 Å². The zero-order chi connectivity index (χ0) is 9.61. The van der Waals surface area contributed by atoms with Crippen LogP contribution in [0.3, 0.4) is 0 Å². The Morgan fingerprint density at radius 1 is 1.33 bits per heavy atom. The highest BCUT2D eigenvalue weighted by Crippen LogP contribution is 2.23. The lowest BCUT2D eigenvalue weighted by Gasteiger charge is -2.16. The molecule has 0 aliphatic rings. The van der Waals surface area contributed by atoms with E-state index in [1.165, 1.54) is 12.8 Å². The van der Waals surface area contributed by atoms with Gasteiger partial charge >= 0.3 is 0 Å². The number of nitrogens with two attached hydrogens (primary N) is 1. The van der Waals surface area contributed by atoms with E-state index in [0.717, 1.165) is 12.8 Å². The van der Waals surface area contributed by atoms with Crippen LogP contribution in [0.2, 0.25) is 0 Å². The highest BCUT2D eigenvalue weighted by molar-refractivity contribution is 7.18. The fourth-order valence-corrected chi connectivity index (χ4v) is 1.26. The molecule has 0 heterocycles. The van der Waals surface area contributed by atoms with Crippen molar-refractivity contribution in [3.63, 3.8) is 0 Å². The Hall–Kier alpha value is -0.100. The third kappa shape index (κ3) is 9.90. The zero-order valence-corrected chi connectivity index (χ0v) is 9.25. The number of carbonyl (C=O) groups excluding carboxylic acids is 1. The molecule has 1 atom stereocenters. The highest BCUT2D eigenvalue weighted by Gasteiger charge is 2.08. The molecule has 0 spiro atoms. The van der Waals surface area contributed by atoms with Gasteiger partial charge in [0.25, 0.3) is 0 Å². The lowest BCUT2D eigenvalue weighted by molar-refractivity contribution is -0.118. The molecule has 0 aliphatic heterocycles. The molecule has 0 bridgehead atoms. The summed E-state index contributed by atoms with van der Waals surface area (Å²) >= 11 is 0. The summed E-state index contributed by atoms with van der Waals surface area (Å²) in [5, 5.41) is 0.340. The second kappa shape index (κ2) is 5.53. The maximum Gasteiger partial charge on any atom is 0.217 e. The molecule has 2 N–H and O–H groups in total. The van der Waals surface area contributed by atoms with Gasteiger partial charge in [0.1, 0.15) is 0 Å². The zero-order valence-electron chi connectivity index (χ0n) is 8.10. The van der Waals surface area contributed by atoms with Crippen LogP contribution in [-0.4, -0.2) is 11.1 Å². The van der Waals surface area contributed by atoms with E-state index in [9.17, 15) is 4.79 Å². The summed E-state index contributed by atoms with van der Waals surface area (Å²) in [5.41, 5.74) is 5.02. The predicted octanol–water partition coefficient (Wildman–Crippen LogP) is 2.08. The van der Waals surface area contributed by atoms with Crippen LogP contribution < -0.4 is 5.73 Å². The second-order valence-corrected chi connectivity index (χ2v) is 5.58. The molecule has 0 aromatic rings. The van der Waals surface area contributed by atoms with Gasteiger partial charge in [-0.15, -0.1) is 9.24 Å². The minimum atomic E-state index is -0.180. The molecule has 0 aromatic carbocycles. The van der Waals surface area contributed by atoms with Crippen LogP contribution in [0.15, 0.2) is 0 Å². The Kier molecular flexibility index (Phi) is 5.48. The Bertz CT molecular complexity index is 140. The van der Waals surface area contributed by atoms with E-state index >= 15 is 0 Å². The predicted molar refractivity (Wildman–Crippen MR) is 56.1 cm³/mol. The van der Waals surface area contributed by atoms with Gasteiger partial charge in [-0.2, -0.15) is 0 Å². The van der Waals surface area contributed by atoms with Gasteiger partial charge < -0.3 is 5.73 Å². The molecule has 0 aliphatic carbocycles. The van der Waals surface area contributed by atoms with Gasteiger partial charge in [-0.3, -0.25) is 4.79 Å². The molecule has 0 rings (SSSR count). The number of amides is 1. The van der Waals surface area contributed by atoms with Gasteiger partial charge in [0.2, 0.25) is 5.91 Å². The third-order valence-electron chi connectivity index (χ3n) is 1.74. The van der Waals surface area contributed by atoms with Gasteiger partial charge in [0.15, 0.2) is 0 Å². The topological polar surface area (TPSA) is 43.1 Å². The van der Waals surface area contributed by atoms with Crippen molar-refractivity contribution in [2.75, 3.05) is 0 Å². The number of unbranched alkanes of at least 4 members (excludes halogenated alkanes) is 2. The molecule has 72 valence electrons. The number of hydrogen-bond donors (Lipinski definition) is 1. The van der Waals surface area contributed by atoms with Crippen molar-refractivity contribution in [3.05, 3.63) is 0 Å². The summed E-state index contributed by atoms with van der Waals surface area (Å²) in [5.74, 6) is -0.180. The standard InChI is InChI=1S/C9H20NOP/c1-9(2,12)7-5-3-4-6-8(10)11/h3-7,12H2,1-2H3,(H2,10,11). The maximum atomic E-state index is 10.4. The first-order valence-electron chi connectivity index (χ1n) is 4.49. The van der Waals surface area contributed by atoms with Gasteiger partial charge in [-0.05, 0) is 18.0 Å². The minimum absolute atomic E-state index is 0.180. The largest absolute Gasteiger partial charge is 0.370 e. The van der Waals surface area contributed by atoms with E-state index in [-0.39, 0.29) is 5.91 Å². The van der Waals surface area contributed by atoms with E-state index in [1.807, 2.05) is 0 Å². The van der Waals surface area contributed by atoms with Crippen LogP contribution in [0.5, 0.6) is 0 Å². The van der Waals surface area contributed by atoms with E-state index in [0.29, 0.717) is 11.6 Å². The van der Waals surface area contributed by atoms with Crippen LogP contribution in [0, 0.1) is 0 Å². The van der Waals surface area contributed by atoms with Crippen LogP contribution in [0.4, 0.5) is 0 Å². The summed E-state index contributed by atoms with van der Waals surface area (Å²) in [6.07, 6.45) is 4.97. The average molecular weight is 189 g/mol. The molecule has 0 aromatic heterocycles. The first-order valence-corrected chi connectivity index (χ1v) is 5.07. The van der Waals surface area contributed by atoms with E-state index in [4.69, 9.17) is 5.73 Å². The first kappa shape index (κ1) is 11.9. The molecule has 3 heteroatoms. The monoisotopic (exact) mass is 189 g/mol. The lowest BCUT2D eigenvalue weighted by atomic mass is 10.0. The molecule has 0 radical (unpaired) electrons. The van der Waals surface area contributed by atoms with Gasteiger partial charge in [0, 0.05) is 6.42 Å². The van der Waals surface area contributed by atoms with Crippen LogP contribution in [0.1, 0.15) is 46.0 Å². The quantitative estimate of drug-likeness (QED) is 0.504. The second-order valence-electron chi connectivity index (χ2n) is 4.02. The molecule has 12 heavy (non-hydrogen) atoms. The smallest absolute Gasteiger partial charge is 0.217 e. The van der Waals surface area contributed by atoms with Crippen molar-refractivity contribution < 1.29 is 4.79 Å². The van der Waals surface area contributed by atoms with Crippen molar-refractivity contribution in [2.24, 2.45) is 5.73 Å². The first-order chi connectivity index (χ1) is 5.42. The third-order valence-corrected chi connectivity index (χ3v) is 2.03. The molecular formula is C9H20NOP. The summed E-state index contributed by atoms with van der Waals surface area (Å²) in [6.45, 7) is 4.40. The fourth-order valence-electron chi connectivity index (χ4n) is 1.06. The maximum absolute atomic E-state index is 10.4. The van der Waals surface area contributed by atoms with Gasteiger partial charge in [-0.25, -0.2) is 0 Å². The van der Waals surface area contributed by atoms with E-state index in [1.54, 1.807) is 0 Å². The van der Waals surface area contributed by atoms with Gasteiger partial charge in [-0.1, -0.05) is 26.7 Å². The molecule has 1 unspecified atom stereocenters. The SMILES string of the molecule is CC(C)(P)CCCCCC(N)=O. The van der Waals surface area contributed by atoms with Crippen LogP contribution in [-0.2, 0) is 4.79 Å². The average Bonchev–Trinajstić information content (AvgIpc) is 1.83. The van der Waals surface area contributed by atoms with E-state index < -0.39 is 0 Å². The van der Waals surface area contributed by atoms with Crippen LogP contribution in [0.25, 0.3) is 0 Å². The number of rotatable bonds is 6. The molecule has 1 amide bonds. The lowest BCUT2D eigenvalue weighted by Crippen LogP contribution is -2.10. The van der Waals surface area contributed by atoms with Gasteiger partial charge in [0.05, 0.1) is 0 Å². The molecule has 0 fully saturated rings. The summed E-state index contributed by atoms with van der Waals surface area (Å²) in [7, 11) is 2.83. The summed E-state index contributed by atoms with van der Waals surface area (Å²) in [4.78, 5) is 10.4. The Morgan fingerprint density at radius 3 is 2.33 bits per heavy atom. The number of carbonyl (C=O) groups is 1. The van der Waals surface area contributed by atoms with E-state index in [2.05, 4.69) is 23.1 Å². The molecule has 0 saturated carbocycles. The Balaban J connectivity index is 3.17. The molecule has 0 saturated heterocycles. The van der Waals surface area contributed by atoms with Crippen molar-refractivity contribution in [2.45, 2.75) is 51.1 Å². The normalized spacial score (nSPS) is 11.6. The fraction of sp³-hybridized carbons (Fsp3) is 0.889.